The first-order valence-corrected chi connectivity index (χ1v) is 15.2. The van der Waals surface area contributed by atoms with Gasteiger partial charge in [-0.3, -0.25) is 24.2 Å². The van der Waals surface area contributed by atoms with Crippen molar-refractivity contribution in [1.82, 2.24) is 20.3 Å². The number of carbonyl (C=O) groups is 2. The molecule has 12 nitrogen and oxygen atoms in total. The molecule has 1 saturated heterocycles. The average Bonchev–Trinajstić information content (AvgIpc) is 3.12. The van der Waals surface area contributed by atoms with Gasteiger partial charge in [-0.25, -0.2) is 19.2 Å². The van der Waals surface area contributed by atoms with Crippen molar-refractivity contribution in [3.8, 4) is 34.2 Å². The number of rotatable bonds is 11. The van der Waals surface area contributed by atoms with Gasteiger partial charge in [0.1, 0.15) is 11.9 Å². The Morgan fingerprint density at radius 3 is 2.39 bits per heavy atom. The number of nitriles is 1. The summed E-state index contributed by atoms with van der Waals surface area (Å²) >= 11 is 0. The summed E-state index contributed by atoms with van der Waals surface area (Å²) in [5.41, 5.74) is 3.13. The zero-order chi connectivity index (χ0) is 35.1. The molecule has 1 aliphatic rings. The van der Waals surface area contributed by atoms with Crippen molar-refractivity contribution >= 4 is 24.4 Å². The zero-order valence-corrected chi connectivity index (χ0v) is 26.6. The number of hydrogen-bond donors (Lipinski definition) is 3. The molecule has 0 radical (unpaired) electrons. The van der Waals surface area contributed by atoms with Crippen LogP contribution in [0.25, 0.3) is 28.5 Å². The highest BCUT2D eigenvalue weighted by Gasteiger charge is 2.26. The maximum atomic E-state index is 14.8. The number of piperidine rings is 1. The van der Waals surface area contributed by atoms with Gasteiger partial charge in [0.2, 0.25) is 5.95 Å². The van der Waals surface area contributed by atoms with Gasteiger partial charge in [0.15, 0.2) is 17.3 Å². The van der Waals surface area contributed by atoms with Crippen LogP contribution in [0.3, 0.4) is 0 Å². The van der Waals surface area contributed by atoms with Crippen molar-refractivity contribution in [2.24, 2.45) is 7.05 Å². The number of aromatic nitrogens is 2. The van der Waals surface area contributed by atoms with Crippen LogP contribution in [-0.2, 0) is 27.9 Å². The minimum absolute atomic E-state index is 0.00579. The molecule has 5 rings (SSSR count). The Morgan fingerprint density at radius 2 is 1.78 bits per heavy atom. The highest BCUT2D eigenvalue weighted by Crippen LogP contribution is 2.33. The number of nitrogens with one attached hydrogen (secondary N) is 2. The molecule has 0 atom stereocenters. The molecule has 3 aromatic carbocycles. The lowest BCUT2D eigenvalue weighted by molar-refractivity contribution is -0.135. The van der Waals surface area contributed by atoms with E-state index in [-0.39, 0.29) is 52.0 Å². The minimum atomic E-state index is -0.956. The van der Waals surface area contributed by atoms with Crippen LogP contribution in [0.1, 0.15) is 29.5 Å². The topological polar surface area (TPSA) is 159 Å². The molecule has 0 unspecified atom stereocenters. The molecule has 0 aliphatic carbocycles. The van der Waals surface area contributed by atoms with Crippen LogP contribution in [0, 0.1) is 23.0 Å². The van der Waals surface area contributed by atoms with Crippen molar-refractivity contribution in [3.05, 3.63) is 105 Å². The van der Waals surface area contributed by atoms with Gasteiger partial charge < -0.3 is 19.7 Å². The predicted octanol–water partition coefficient (Wildman–Crippen LogP) is 4.05. The second-order valence-electron chi connectivity index (χ2n) is 11.2. The van der Waals surface area contributed by atoms with Crippen molar-refractivity contribution in [3.63, 3.8) is 0 Å². The lowest BCUT2D eigenvalue weighted by Crippen LogP contribution is -2.44. The standard InChI is InChI=1S/C35H32F2N6O6/c1-42-34(46)31(23-9-10-29(48-2)28(37)16-23)32(24-7-8-25(18-38)27(36)17-24)40-35(42)43-13-11-26(12-14-43)39-19-22-5-3-21(4-6-22)15-30(49-20-44)33(45)41-47/h3-10,15-17,20,26,39,47H,11-14,19H2,1-2H3,(H,41,45)/b30-15+. The first-order chi connectivity index (χ1) is 23.7. The summed E-state index contributed by atoms with van der Waals surface area (Å²) in [6.07, 6.45) is 2.77. The normalized spacial score (nSPS) is 13.5. The molecule has 1 aromatic heterocycles. The Balaban J connectivity index is 1.34. The molecule has 49 heavy (non-hydrogen) atoms. The van der Waals surface area contributed by atoms with Crippen molar-refractivity contribution < 1.29 is 33.1 Å². The zero-order valence-electron chi connectivity index (χ0n) is 26.6. The van der Waals surface area contributed by atoms with Crippen LogP contribution >= 0.6 is 0 Å². The summed E-state index contributed by atoms with van der Waals surface area (Å²) in [5.74, 6) is -2.37. The summed E-state index contributed by atoms with van der Waals surface area (Å²) in [6.45, 7) is 1.77. The number of anilines is 1. The number of hydrogen-bond acceptors (Lipinski definition) is 10. The Hall–Kier alpha value is -5.91. The summed E-state index contributed by atoms with van der Waals surface area (Å²) in [6, 6.07) is 17.2. The lowest BCUT2D eigenvalue weighted by atomic mass is 9.99. The van der Waals surface area contributed by atoms with E-state index in [0.29, 0.717) is 31.1 Å². The number of halogens is 2. The molecule has 0 spiro atoms. The molecular formula is C35H32F2N6O6. The smallest absolute Gasteiger partial charge is 0.310 e. The van der Waals surface area contributed by atoms with Gasteiger partial charge in [0.05, 0.1) is 23.9 Å². The highest BCUT2D eigenvalue weighted by molar-refractivity contribution is 5.96. The van der Waals surface area contributed by atoms with Crippen LogP contribution in [0.2, 0.25) is 0 Å². The summed E-state index contributed by atoms with van der Waals surface area (Å²) in [7, 11) is 2.92. The van der Waals surface area contributed by atoms with Crippen molar-refractivity contribution in [2.45, 2.75) is 25.4 Å². The molecule has 1 aliphatic heterocycles. The molecule has 0 bridgehead atoms. The summed E-state index contributed by atoms with van der Waals surface area (Å²) in [5, 5.41) is 21.6. The fourth-order valence-corrected chi connectivity index (χ4v) is 5.61. The second-order valence-corrected chi connectivity index (χ2v) is 11.2. The van der Waals surface area contributed by atoms with E-state index in [1.54, 1.807) is 31.3 Å². The van der Waals surface area contributed by atoms with Crippen LogP contribution in [0.4, 0.5) is 14.7 Å². The molecule has 252 valence electrons. The molecule has 1 amide bonds. The Bertz CT molecular complexity index is 2000. The molecule has 2 heterocycles. The number of nitrogens with zero attached hydrogens (tertiary/aromatic N) is 4. The molecule has 14 heteroatoms. The molecule has 0 saturated carbocycles. The number of amides is 1. The number of carbonyl (C=O) groups excluding carboxylic acids is 2. The Kier molecular flexibility index (Phi) is 10.8. The quantitative estimate of drug-likeness (QED) is 0.0699. The van der Waals surface area contributed by atoms with Crippen LogP contribution in [0.15, 0.2) is 71.2 Å². The van der Waals surface area contributed by atoms with Crippen LogP contribution in [0.5, 0.6) is 5.75 Å². The van der Waals surface area contributed by atoms with Gasteiger partial charge in [-0.1, -0.05) is 36.4 Å². The lowest BCUT2D eigenvalue weighted by Gasteiger charge is -2.34. The van der Waals surface area contributed by atoms with Gasteiger partial charge in [-0.05, 0) is 59.9 Å². The maximum absolute atomic E-state index is 14.8. The van der Waals surface area contributed by atoms with E-state index in [0.717, 1.165) is 24.5 Å². The first-order valence-electron chi connectivity index (χ1n) is 15.2. The predicted molar refractivity (Wildman–Crippen MR) is 175 cm³/mol. The minimum Gasteiger partial charge on any atom is -0.494 e. The Labute approximate surface area is 279 Å². The summed E-state index contributed by atoms with van der Waals surface area (Å²) < 4.78 is 40.6. The fraction of sp³-hybridized carbons (Fsp3) is 0.229. The number of methoxy groups -OCH3 is 1. The van der Waals surface area contributed by atoms with Crippen LogP contribution in [-0.4, -0.2) is 53.4 Å². The number of ether oxygens (including phenoxy) is 2. The average molecular weight is 671 g/mol. The fourth-order valence-electron chi connectivity index (χ4n) is 5.61. The summed E-state index contributed by atoms with van der Waals surface area (Å²) in [4.78, 5) is 43.0. The van der Waals surface area contributed by atoms with Crippen molar-refractivity contribution in [1.29, 1.82) is 5.26 Å². The largest absolute Gasteiger partial charge is 0.494 e. The highest BCUT2D eigenvalue weighted by atomic mass is 19.1. The van der Waals surface area contributed by atoms with Gasteiger partial charge in [0, 0.05) is 38.3 Å². The number of benzene rings is 3. The number of hydroxylamine groups is 1. The molecule has 3 N–H and O–H groups in total. The second kappa shape index (κ2) is 15.3. The monoisotopic (exact) mass is 670 g/mol. The molecular weight excluding hydrogens is 638 g/mol. The van der Waals surface area contributed by atoms with E-state index in [9.17, 15) is 28.4 Å². The third-order valence-corrected chi connectivity index (χ3v) is 8.22. The maximum Gasteiger partial charge on any atom is 0.310 e. The SMILES string of the molecule is COc1ccc(-c2c(-c3ccc(C#N)c(F)c3)nc(N3CCC(NCc4ccc(/C=C(/OC=O)C(=O)NO)cc4)CC3)n(C)c2=O)cc1F. The Morgan fingerprint density at radius 1 is 1.08 bits per heavy atom. The van der Waals surface area contributed by atoms with E-state index >= 15 is 0 Å². The third-order valence-electron chi connectivity index (χ3n) is 8.22. The van der Waals surface area contributed by atoms with Gasteiger partial charge in [-0.15, -0.1) is 0 Å². The van der Waals surface area contributed by atoms with E-state index < -0.39 is 23.1 Å². The van der Waals surface area contributed by atoms with Gasteiger partial charge >= 0.3 is 5.91 Å². The van der Waals surface area contributed by atoms with E-state index in [1.165, 1.54) is 47.5 Å². The third kappa shape index (κ3) is 7.64. The van der Waals surface area contributed by atoms with Crippen LogP contribution < -0.4 is 26.0 Å². The van der Waals surface area contributed by atoms with Gasteiger partial charge in [0.25, 0.3) is 12.0 Å². The van der Waals surface area contributed by atoms with Gasteiger partial charge in [-0.2, -0.15) is 5.26 Å². The van der Waals surface area contributed by atoms with E-state index in [2.05, 4.69) is 10.1 Å². The van der Waals surface area contributed by atoms with Crippen molar-refractivity contribution in [2.75, 3.05) is 25.1 Å². The first kappa shape index (κ1) is 34.4. The molecule has 1 fully saturated rings. The molecule has 4 aromatic rings. The van der Waals surface area contributed by atoms with E-state index in [1.807, 2.05) is 17.0 Å². The van der Waals surface area contributed by atoms with E-state index in [4.69, 9.17) is 14.9 Å².